The third-order valence-electron chi connectivity index (χ3n) is 5.77. The summed E-state index contributed by atoms with van der Waals surface area (Å²) >= 11 is 0. The molecule has 4 aromatic rings. The van der Waals surface area contributed by atoms with Crippen LogP contribution in [0, 0.1) is 6.92 Å². The molecule has 1 N–H and O–H groups in total. The number of fused-ring (bicyclic) bond motifs is 1. The molecule has 2 aromatic heterocycles. The van der Waals surface area contributed by atoms with Crippen molar-refractivity contribution in [3.8, 4) is 11.5 Å². The van der Waals surface area contributed by atoms with Gasteiger partial charge in [0.2, 0.25) is 5.78 Å². The molecular weight excluding hydrogens is 452 g/mol. The third kappa shape index (κ3) is 3.71. The maximum Gasteiger partial charge on any atom is 0.295 e. The number of carbonyl (C=O) groups excluding carboxylic acids is 2. The van der Waals surface area contributed by atoms with E-state index in [9.17, 15) is 14.7 Å². The highest BCUT2D eigenvalue weighted by Crippen LogP contribution is 2.44. The normalized spacial score (nSPS) is 15.8. The number of ether oxygens (including phenoxy) is 2. The first kappa shape index (κ1) is 22.3. The molecule has 1 aliphatic heterocycles. The van der Waals surface area contributed by atoms with Crippen molar-refractivity contribution < 1.29 is 33.1 Å². The van der Waals surface area contributed by atoms with Gasteiger partial charge in [-0.05, 0) is 43.7 Å². The molecular formula is C26H22N2O7. The number of carbonyl (C=O) groups is 2. The third-order valence-corrected chi connectivity index (χ3v) is 5.77. The Labute approximate surface area is 200 Å². The number of hydrogen-bond acceptors (Lipinski definition) is 8. The Morgan fingerprint density at radius 1 is 1.14 bits per heavy atom. The van der Waals surface area contributed by atoms with Crippen molar-refractivity contribution in [3.05, 3.63) is 83.0 Å². The fourth-order valence-corrected chi connectivity index (χ4v) is 4.21. The van der Waals surface area contributed by atoms with Crippen molar-refractivity contribution in [1.82, 2.24) is 5.16 Å². The molecule has 1 unspecified atom stereocenters. The second-order valence-electron chi connectivity index (χ2n) is 7.96. The SMILES string of the molecule is CCOc1ccc(C2C(C(=O)c3cc4ccccc4o3)=C(O)C(=O)N2c2cc(C)on2)cc1OC. The molecule has 0 fully saturated rings. The first-order chi connectivity index (χ1) is 16.9. The van der Waals surface area contributed by atoms with E-state index in [1.165, 1.54) is 12.0 Å². The van der Waals surface area contributed by atoms with Gasteiger partial charge in [-0.1, -0.05) is 29.4 Å². The number of anilines is 1. The quantitative estimate of drug-likeness (QED) is 0.375. The molecule has 9 nitrogen and oxygen atoms in total. The van der Waals surface area contributed by atoms with Gasteiger partial charge in [0.15, 0.2) is 28.8 Å². The van der Waals surface area contributed by atoms with E-state index in [0.717, 1.165) is 5.39 Å². The van der Waals surface area contributed by atoms with Gasteiger partial charge in [-0.2, -0.15) is 0 Å². The van der Waals surface area contributed by atoms with Crippen LogP contribution < -0.4 is 14.4 Å². The number of aliphatic hydroxyl groups excluding tert-OH is 1. The van der Waals surface area contributed by atoms with Crippen LogP contribution in [0.25, 0.3) is 11.0 Å². The number of hydrogen-bond donors (Lipinski definition) is 1. The summed E-state index contributed by atoms with van der Waals surface area (Å²) in [6, 6.07) is 14.3. The Balaban J connectivity index is 1.66. The second kappa shape index (κ2) is 8.68. The van der Waals surface area contributed by atoms with Crippen LogP contribution in [0.2, 0.25) is 0 Å². The molecule has 3 heterocycles. The van der Waals surface area contributed by atoms with E-state index in [4.69, 9.17) is 18.4 Å². The van der Waals surface area contributed by atoms with Crippen molar-refractivity contribution in [2.45, 2.75) is 19.9 Å². The molecule has 178 valence electrons. The highest BCUT2D eigenvalue weighted by Gasteiger charge is 2.46. The number of methoxy groups -OCH3 is 1. The first-order valence-electron chi connectivity index (χ1n) is 11.0. The highest BCUT2D eigenvalue weighted by molar-refractivity contribution is 6.20. The lowest BCUT2D eigenvalue weighted by Gasteiger charge is -2.25. The average molecular weight is 474 g/mol. The predicted molar refractivity (Wildman–Crippen MR) is 126 cm³/mol. The Bertz CT molecular complexity index is 1450. The highest BCUT2D eigenvalue weighted by atomic mass is 16.5. The van der Waals surface area contributed by atoms with Crippen LogP contribution in [0.15, 0.2) is 74.9 Å². The number of rotatable bonds is 7. The minimum absolute atomic E-state index is 0.00151. The van der Waals surface area contributed by atoms with Gasteiger partial charge in [0, 0.05) is 11.5 Å². The van der Waals surface area contributed by atoms with Gasteiger partial charge in [0.1, 0.15) is 11.3 Å². The minimum atomic E-state index is -1.02. The molecule has 1 amide bonds. The number of aromatic nitrogens is 1. The van der Waals surface area contributed by atoms with E-state index in [2.05, 4.69) is 5.16 Å². The fourth-order valence-electron chi connectivity index (χ4n) is 4.21. The van der Waals surface area contributed by atoms with Crippen molar-refractivity contribution in [2.24, 2.45) is 0 Å². The lowest BCUT2D eigenvalue weighted by Crippen LogP contribution is -2.31. The Morgan fingerprint density at radius 3 is 2.63 bits per heavy atom. The zero-order valence-electron chi connectivity index (χ0n) is 19.3. The molecule has 0 radical (unpaired) electrons. The monoisotopic (exact) mass is 474 g/mol. The summed E-state index contributed by atoms with van der Waals surface area (Å²) in [5, 5.41) is 15.6. The Kier molecular flexibility index (Phi) is 5.52. The first-order valence-corrected chi connectivity index (χ1v) is 11.0. The van der Waals surface area contributed by atoms with Crippen LogP contribution >= 0.6 is 0 Å². The Morgan fingerprint density at radius 2 is 1.94 bits per heavy atom. The Hall–Kier alpha value is -4.53. The molecule has 0 bridgehead atoms. The number of benzene rings is 2. The molecule has 5 rings (SSSR count). The van der Waals surface area contributed by atoms with Crippen LogP contribution in [0.1, 0.15) is 34.8 Å². The molecule has 0 spiro atoms. The summed E-state index contributed by atoms with van der Waals surface area (Å²) in [7, 11) is 1.49. The summed E-state index contributed by atoms with van der Waals surface area (Å²) in [6.07, 6.45) is 0. The maximum atomic E-state index is 13.7. The molecule has 35 heavy (non-hydrogen) atoms. The standard InChI is InChI=1S/C26H22N2O7/c1-4-33-18-10-9-16(13-19(18)32-3)23-22(24(29)20-12-15-7-5-6-8-17(15)34-20)25(30)26(31)28(23)21-11-14(2)35-27-21/h5-13,23,30H,4H2,1-3H3. The largest absolute Gasteiger partial charge is 0.503 e. The maximum absolute atomic E-state index is 13.7. The molecule has 9 heteroatoms. The van der Waals surface area contributed by atoms with Crippen molar-refractivity contribution in [3.63, 3.8) is 0 Å². The number of amides is 1. The lowest BCUT2D eigenvalue weighted by atomic mass is 9.94. The minimum Gasteiger partial charge on any atom is -0.503 e. The van der Waals surface area contributed by atoms with E-state index >= 15 is 0 Å². The number of ketones is 1. The van der Waals surface area contributed by atoms with Crippen LogP contribution in [-0.2, 0) is 4.79 Å². The van der Waals surface area contributed by atoms with Gasteiger partial charge >= 0.3 is 0 Å². The van der Waals surface area contributed by atoms with E-state index in [0.29, 0.717) is 35.0 Å². The zero-order chi connectivity index (χ0) is 24.7. The van der Waals surface area contributed by atoms with E-state index in [-0.39, 0.29) is 17.2 Å². The van der Waals surface area contributed by atoms with Gasteiger partial charge in [-0.15, -0.1) is 0 Å². The molecule has 2 aromatic carbocycles. The fraction of sp³-hybridized carbons (Fsp3) is 0.192. The van der Waals surface area contributed by atoms with Gasteiger partial charge in [0.05, 0.1) is 25.3 Å². The molecule has 0 saturated heterocycles. The molecule has 1 aliphatic rings. The van der Waals surface area contributed by atoms with Crippen LogP contribution in [0.5, 0.6) is 11.5 Å². The summed E-state index contributed by atoms with van der Waals surface area (Å²) in [6.45, 7) is 3.96. The molecule has 0 aliphatic carbocycles. The van der Waals surface area contributed by atoms with Crippen LogP contribution in [0.4, 0.5) is 5.82 Å². The number of Topliss-reactive ketones (excluding diaryl/α,β-unsaturated/α-hetero) is 1. The number of aliphatic hydroxyl groups is 1. The van der Waals surface area contributed by atoms with Crippen molar-refractivity contribution in [1.29, 1.82) is 0 Å². The number of furan rings is 1. The van der Waals surface area contributed by atoms with Crippen molar-refractivity contribution >= 4 is 28.5 Å². The van der Waals surface area contributed by atoms with Gasteiger partial charge in [0.25, 0.3) is 5.91 Å². The number of aryl methyl sites for hydroxylation is 1. The van der Waals surface area contributed by atoms with Crippen LogP contribution in [-0.4, -0.2) is 35.7 Å². The average Bonchev–Trinajstić information content (AvgIpc) is 3.55. The number of nitrogens with zero attached hydrogens (tertiary/aromatic N) is 2. The predicted octanol–water partition coefficient (Wildman–Crippen LogP) is 4.92. The van der Waals surface area contributed by atoms with Crippen LogP contribution in [0.3, 0.4) is 0 Å². The smallest absolute Gasteiger partial charge is 0.295 e. The summed E-state index contributed by atoms with van der Waals surface area (Å²) < 4.78 is 22.0. The summed E-state index contributed by atoms with van der Waals surface area (Å²) in [5.41, 5.74) is 0.882. The van der Waals surface area contributed by atoms with E-state index in [1.807, 2.05) is 19.1 Å². The molecule has 1 atom stereocenters. The van der Waals surface area contributed by atoms with Gasteiger partial charge < -0.3 is 23.5 Å². The zero-order valence-corrected chi connectivity index (χ0v) is 19.3. The van der Waals surface area contributed by atoms with Gasteiger partial charge in [-0.3, -0.25) is 14.5 Å². The lowest BCUT2D eigenvalue weighted by molar-refractivity contribution is -0.117. The van der Waals surface area contributed by atoms with E-state index in [1.54, 1.807) is 49.4 Å². The summed E-state index contributed by atoms with van der Waals surface area (Å²) in [4.78, 5) is 28.1. The topological polar surface area (TPSA) is 115 Å². The number of para-hydroxylation sites is 1. The van der Waals surface area contributed by atoms with Gasteiger partial charge in [-0.25, -0.2) is 0 Å². The van der Waals surface area contributed by atoms with E-state index < -0.39 is 23.5 Å². The second-order valence-corrected chi connectivity index (χ2v) is 7.96. The molecule has 0 saturated carbocycles. The summed E-state index contributed by atoms with van der Waals surface area (Å²) in [5.74, 6) is -0.546. The van der Waals surface area contributed by atoms with Crippen molar-refractivity contribution in [2.75, 3.05) is 18.6 Å².